The van der Waals surface area contributed by atoms with Crippen LogP contribution >= 0.6 is 0 Å². The summed E-state index contributed by atoms with van der Waals surface area (Å²) < 4.78 is 10.4. The molecule has 0 heterocycles. The molecule has 0 amide bonds. The topological polar surface area (TPSA) is 86.7 Å². The molecule has 2 aromatic rings. The van der Waals surface area contributed by atoms with E-state index in [4.69, 9.17) is 9.47 Å². The molecule has 0 spiro atoms. The second kappa shape index (κ2) is 12.9. The number of ether oxygens (including phenoxy) is 2. The van der Waals surface area contributed by atoms with Gasteiger partial charge >= 0.3 is 11.9 Å². The first-order chi connectivity index (χ1) is 15.5. The number of hydrogen-bond donors (Lipinski definition) is 0. The molecule has 6 nitrogen and oxygen atoms in total. The van der Waals surface area contributed by atoms with Gasteiger partial charge in [0, 0.05) is 22.3 Å². The average molecular weight is 434 g/mol. The van der Waals surface area contributed by atoms with Crippen LogP contribution in [0.25, 0.3) is 0 Å². The highest BCUT2D eigenvalue weighted by molar-refractivity contribution is 5.99. The van der Waals surface area contributed by atoms with E-state index in [0.29, 0.717) is 23.7 Å². The van der Waals surface area contributed by atoms with Gasteiger partial charge in [-0.05, 0) is 49.2 Å². The van der Waals surface area contributed by atoms with Crippen LogP contribution in [0, 0.1) is 11.8 Å². The van der Waals surface area contributed by atoms with Crippen molar-refractivity contribution in [2.24, 2.45) is 0 Å². The normalized spacial score (nSPS) is 9.94. The standard InChI is InChI=1S/C26H26O6/c1-3-5-13-31-25(29)23-15-19(9-11-21(23)17-27)7-8-20-10-12-22(18-28)24(16-20)26(30)32-14-6-4-2/h9-12,15-18H,3-6,13-14H2,1-2H3. The van der Waals surface area contributed by atoms with Crippen molar-refractivity contribution in [3.63, 3.8) is 0 Å². The zero-order valence-corrected chi connectivity index (χ0v) is 18.3. The Morgan fingerprint density at radius 1 is 0.750 bits per heavy atom. The number of esters is 2. The summed E-state index contributed by atoms with van der Waals surface area (Å²) in [7, 11) is 0. The molecule has 166 valence electrons. The number of aldehydes is 2. The lowest BCUT2D eigenvalue weighted by molar-refractivity contribution is 0.0489. The number of carbonyl (C=O) groups excluding carboxylic acids is 4. The molecule has 2 rings (SSSR count). The van der Waals surface area contributed by atoms with Crippen molar-refractivity contribution in [3.8, 4) is 11.8 Å². The van der Waals surface area contributed by atoms with Gasteiger partial charge in [-0.3, -0.25) is 9.59 Å². The molecule has 32 heavy (non-hydrogen) atoms. The van der Waals surface area contributed by atoms with E-state index in [-0.39, 0.29) is 35.5 Å². The molecule has 0 aliphatic carbocycles. The van der Waals surface area contributed by atoms with Gasteiger partial charge in [0.25, 0.3) is 0 Å². The quantitative estimate of drug-likeness (QED) is 0.235. The molecular weight excluding hydrogens is 408 g/mol. The first-order valence-corrected chi connectivity index (χ1v) is 10.6. The van der Waals surface area contributed by atoms with E-state index < -0.39 is 11.9 Å². The highest BCUT2D eigenvalue weighted by Crippen LogP contribution is 2.14. The molecule has 0 aliphatic rings. The fourth-order valence-electron chi connectivity index (χ4n) is 2.75. The lowest BCUT2D eigenvalue weighted by Crippen LogP contribution is -2.09. The van der Waals surface area contributed by atoms with Crippen LogP contribution in [0.3, 0.4) is 0 Å². The fraction of sp³-hybridized carbons (Fsp3) is 0.308. The van der Waals surface area contributed by atoms with Gasteiger partial charge in [0.2, 0.25) is 0 Å². The summed E-state index contributed by atoms with van der Waals surface area (Å²) in [5.74, 6) is 4.69. The Balaban J connectivity index is 2.28. The Morgan fingerprint density at radius 3 is 1.50 bits per heavy atom. The maximum atomic E-state index is 12.3. The zero-order valence-electron chi connectivity index (χ0n) is 18.3. The smallest absolute Gasteiger partial charge is 0.338 e. The SMILES string of the molecule is CCCCOC(=O)c1cc(C#Cc2ccc(C=O)c(C(=O)OCCCC)c2)ccc1C=O. The van der Waals surface area contributed by atoms with E-state index >= 15 is 0 Å². The second-order valence-corrected chi connectivity index (χ2v) is 7.07. The molecule has 2 aromatic carbocycles. The van der Waals surface area contributed by atoms with Crippen molar-refractivity contribution >= 4 is 24.5 Å². The molecular formula is C26H26O6. The first-order valence-electron chi connectivity index (χ1n) is 10.6. The van der Waals surface area contributed by atoms with Crippen LogP contribution in [0.1, 0.15) is 92.1 Å². The van der Waals surface area contributed by atoms with Crippen molar-refractivity contribution in [1.29, 1.82) is 0 Å². The van der Waals surface area contributed by atoms with E-state index in [2.05, 4.69) is 11.8 Å². The molecule has 0 saturated heterocycles. The summed E-state index contributed by atoms with van der Waals surface area (Å²) >= 11 is 0. The highest BCUT2D eigenvalue weighted by Gasteiger charge is 2.14. The third-order valence-corrected chi connectivity index (χ3v) is 4.61. The molecule has 0 aliphatic heterocycles. The lowest BCUT2D eigenvalue weighted by Gasteiger charge is -2.07. The molecule has 0 unspecified atom stereocenters. The van der Waals surface area contributed by atoms with Crippen molar-refractivity contribution in [3.05, 3.63) is 69.8 Å². The van der Waals surface area contributed by atoms with Gasteiger partial charge in [-0.15, -0.1) is 0 Å². The van der Waals surface area contributed by atoms with Crippen molar-refractivity contribution in [2.45, 2.75) is 39.5 Å². The van der Waals surface area contributed by atoms with Crippen LogP contribution in [-0.2, 0) is 9.47 Å². The summed E-state index contributed by atoms with van der Waals surface area (Å²) in [6.07, 6.45) is 4.44. The minimum atomic E-state index is -0.573. The van der Waals surface area contributed by atoms with Gasteiger partial charge in [0.15, 0.2) is 12.6 Å². The summed E-state index contributed by atoms with van der Waals surface area (Å²) in [5.41, 5.74) is 1.77. The van der Waals surface area contributed by atoms with Gasteiger partial charge in [-0.2, -0.15) is 0 Å². The minimum absolute atomic E-state index is 0.152. The third kappa shape index (κ3) is 6.92. The third-order valence-electron chi connectivity index (χ3n) is 4.61. The maximum Gasteiger partial charge on any atom is 0.338 e. The summed E-state index contributed by atoms with van der Waals surface area (Å²) in [4.78, 5) is 47.2. The predicted octanol–water partition coefficient (Wildman–Crippen LogP) is 4.63. The predicted molar refractivity (Wildman–Crippen MR) is 120 cm³/mol. The number of unbranched alkanes of at least 4 members (excludes halogenated alkanes) is 2. The second-order valence-electron chi connectivity index (χ2n) is 7.07. The van der Waals surface area contributed by atoms with E-state index in [1.807, 2.05) is 13.8 Å². The molecule has 6 heteroatoms. The first kappa shape index (κ1) is 24.5. The Hall–Kier alpha value is -3.72. The highest BCUT2D eigenvalue weighted by atomic mass is 16.5. The fourth-order valence-corrected chi connectivity index (χ4v) is 2.75. The average Bonchev–Trinajstić information content (AvgIpc) is 2.82. The Kier molecular flexibility index (Phi) is 9.86. The van der Waals surface area contributed by atoms with Crippen LogP contribution < -0.4 is 0 Å². The summed E-state index contributed by atoms with van der Waals surface area (Å²) in [6.45, 7) is 4.53. The largest absolute Gasteiger partial charge is 0.462 e. The van der Waals surface area contributed by atoms with Crippen molar-refractivity contribution in [1.82, 2.24) is 0 Å². The molecule has 0 saturated carbocycles. The maximum absolute atomic E-state index is 12.3. The molecule has 0 bridgehead atoms. The van der Waals surface area contributed by atoms with Gasteiger partial charge in [0.1, 0.15) is 0 Å². The van der Waals surface area contributed by atoms with Crippen LogP contribution in [0.15, 0.2) is 36.4 Å². The van der Waals surface area contributed by atoms with Gasteiger partial charge in [0.05, 0.1) is 24.3 Å². The summed E-state index contributed by atoms with van der Waals surface area (Å²) in [6, 6.07) is 9.28. The van der Waals surface area contributed by atoms with Crippen LogP contribution in [0.2, 0.25) is 0 Å². The molecule has 0 radical (unpaired) electrons. The van der Waals surface area contributed by atoms with E-state index in [9.17, 15) is 19.2 Å². The molecule has 0 atom stereocenters. The van der Waals surface area contributed by atoms with Gasteiger partial charge < -0.3 is 9.47 Å². The van der Waals surface area contributed by atoms with Crippen LogP contribution in [0.4, 0.5) is 0 Å². The molecule has 0 fully saturated rings. The lowest BCUT2D eigenvalue weighted by atomic mass is 10.0. The van der Waals surface area contributed by atoms with E-state index in [1.54, 1.807) is 12.1 Å². The Labute approximate surface area is 187 Å². The van der Waals surface area contributed by atoms with Gasteiger partial charge in [-0.25, -0.2) is 9.59 Å². The minimum Gasteiger partial charge on any atom is -0.462 e. The monoisotopic (exact) mass is 434 g/mol. The van der Waals surface area contributed by atoms with Crippen molar-refractivity contribution in [2.75, 3.05) is 13.2 Å². The number of benzene rings is 2. The Bertz CT molecular complexity index is 961. The van der Waals surface area contributed by atoms with E-state index in [0.717, 1.165) is 25.7 Å². The summed E-state index contributed by atoms with van der Waals surface area (Å²) in [5, 5.41) is 0. The molecule has 0 N–H and O–H groups in total. The van der Waals surface area contributed by atoms with E-state index in [1.165, 1.54) is 24.3 Å². The molecule has 0 aromatic heterocycles. The number of carbonyl (C=O) groups is 4. The number of rotatable bonds is 10. The van der Waals surface area contributed by atoms with Crippen LogP contribution in [-0.4, -0.2) is 37.7 Å². The van der Waals surface area contributed by atoms with Gasteiger partial charge in [-0.1, -0.05) is 38.5 Å². The van der Waals surface area contributed by atoms with Crippen molar-refractivity contribution < 1.29 is 28.7 Å². The number of hydrogen-bond acceptors (Lipinski definition) is 6. The zero-order chi connectivity index (χ0) is 23.3. The van der Waals surface area contributed by atoms with Crippen LogP contribution in [0.5, 0.6) is 0 Å². The Morgan fingerprint density at radius 2 is 1.16 bits per heavy atom.